The molecule has 2 heterocycles. The number of benzene rings is 1. The molecular weight excluding hydrogens is 321 g/mol. The van der Waals surface area contributed by atoms with Crippen LogP contribution in [0.5, 0.6) is 0 Å². The van der Waals surface area contributed by atoms with E-state index >= 15 is 0 Å². The molecule has 22 heavy (non-hydrogen) atoms. The molecule has 0 aliphatic heterocycles. The minimum atomic E-state index is 0.534. The van der Waals surface area contributed by atoms with Crippen LogP contribution in [0.3, 0.4) is 0 Å². The van der Waals surface area contributed by atoms with Gasteiger partial charge >= 0.3 is 0 Å². The molecule has 5 nitrogen and oxygen atoms in total. The number of anilines is 2. The topological polar surface area (TPSA) is 67.9 Å². The largest absolute Gasteiger partial charge is 0.395 e. The van der Waals surface area contributed by atoms with Gasteiger partial charge in [0.05, 0.1) is 17.6 Å². The van der Waals surface area contributed by atoms with Crippen molar-refractivity contribution in [3.63, 3.8) is 0 Å². The number of aromatic nitrogens is 3. The number of halogens is 2. The Balaban J connectivity index is 2.30. The van der Waals surface area contributed by atoms with Crippen molar-refractivity contribution in [2.45, 2.75) is 0 Å². The van der Waals surface area contributed by atoms with Crippen LogP contribution in [-0.4, -0.2) is 29.0 Å². The summed E-state index contributed by atoms with van der Waals surface area (Å²) in [4.78, 5) is 14.9. The Morgan fingerprint density at radius 1 is 0.955 bits per heavy atom. The Morgan fingerprint density at radius 3 is 2.27 bits per heavy atom. The van der Waals surface area contributed by atoms with E-state index in [1.54, 1.807) is 24.4 Å². The second-order valence-corrected chi connectivity index (χ2v) is 5.90. The zero-order valence-corrected chi connectivity index (χ0v) is 13.5. The molecule has 112 valence electrons. The van der Waals surface area contributed by atoms with Crippen LogP contribution in [0.4, 0.5) is 11.4 Å². The molecule has 3 rings (SSSR count). The quantitative estimate of drug-likeness (QED) is 0.775. The number of fused-ring (bicyclic) bond motifs is 1. The molecule has 1 aromatic carbocycles. The van der Waals surface area contributed by atoms with Gasteiger partial charge in [-0.3, -0.25) is 0 Å². The summed E-state index contributed by atoms with van der Waals surface area (Å²) in [6.07, 6.45) is 3.17. The van der Waals surface area contributed by atoms with Crippen molar-refractivity contribution in [1.82, 2.24) is 15.0 Å². The van der Waals surface area contributed by atoms with E-state index in [2.05, 4.69) is 15.0 Å². The Bertz CT molecular complexity index is 844. The molecule has 2 aromatic heterocycles. The molecule has 0 saturated carbocycles. The van der Waals surface area contributed by atoms with Gasteiger partial charge in [-0.2, -0.15) is 0 Å². The molecule has 0 aliphatic carbocycles. The van der Waals surface area contributed by atoms with Gasteiger partial charge in [0, 0.05) is 29.7 Å². The number of nitrogens with two attached hydrogens (primary N) is 1. The molecule has 3 aromatic rings. The molecular formula is C15H13Cl2N5. The summed E-state index contributed by atoms with van der Waals surface area (Å²) in [5.74, 6) is 0. The zero-order chi connectivity index (χ0) is 15.9. The highest BCUT2D eigenvalue weighted by Crippen LogP contribution is 2.33. The normalized spacial score (nSPS) is 10.9. The second kappa shape index (κ2) is 5.59. The smallest absolute Gasteiger partial charge is 0.118 e. The van der Waals surface area contributed by atoms with Crippen molar-refractivity contribution in [2.24, 2.45) is 0 Å². The van der Waals surface area contributed by atoms with Gasteiger partial charge in [-0.15, -0.1) is 0 Å². The third-order valence-electron chi connectivity index (χ3n) is 3.29. The Kier molecular flexibility index (Phi) is 3.76. The number of rotatable bonds is 2. The van der Waals surface area contributed by atoms with Crippen LogP contribution in [0.2, 0.25) is 10.0 Å². The molecule has 0 fully saturated rings. The highest BCUT2D eigenvalue weighted by atomic mass is 35.5. The predicted octanol–water partition coefficient (Wildman–Crippen LogP) is 3.65. The fourth-order valence-electron chi connectivity index (χ4n) is 2.27. The third-order valence-corrected chi connectivity index (χ3v) is 3.72. The molecule has 0 spiro atoms. The van der Waals surface area contributed by atoms with Crippen LogP contribution in [-0.2, 0) is 0 Å². The van der Waals surface area contributed by atoms with Crippen molar-refractivity contribution < 1.29 is 0 Å². The number of nitrogens with zero attached hydrogens (tertiary/aromatic N) is 4. The summed E-state index contributed by atoms with van der Waals surface area (Å²) in [6.45, 7) is 0. The minimum Gasteiger partial charge on any atom is -0.395 e. The maximum atomic E-state index is 6.20. The van der Waals surface area contributed by atoms with Crippen LogP contribution in [0, 0.1) is 0 Å². The van der Waals surface area contributed by atoms with Crippen LogP contribution < -0.4 is 10.6 Å². The molecule has 0 atom stereocenters. The molecule has 0 radical (unpaired) electrons. The first kappa shape index (κ1) is 14.8. The number of pyridine rings is 1. The van der Waals surface area contributed by atoms with E-state index in [-0.39, 0.29) is 0 Å². The molecule has 0 amide bonds. The fourth-order valence-corrected chi connectivity index (χ4v) is 2.80. The van der Waals surface area contributed by atoms with Gasteiger partial charge in [0.2, 0.25) is 0 Å². The molecule has 0 bridgehead atoms. The van der Waals surface area contributed by atoms with Crippen molar-refractivity contribution in [3.05, 3.63) is 40.8 Å². The van der Waals surface area contributed by atoms with Gasteiger partial charge in [0.15, 0.2) is 0 Å². The summed E-state index contributed by atoms with van der Waals surface area (Å²) in [5, 5.41) is 1.07. The first-order valence-corrected chi connectivity index (χ1v) is 7.26. The van der Waals surface area contributed by atoms with Crippen LogP contribution in [0.1, 0.15) is 0 Å². The zero-order valence-electron chi connectivity index (χ0n) is 12.0. The Morgan fingerprint density at radius 2 is 1.64 bits per heavy atom. The van der Waals surface area contributed by atoms with Gasteiger partial charge < -0.3 is 10.6 Å². The Hall–Kier alpha value is -2.11. The lowest BCUT2D eigenvalue weighted by Gasteiger charge is -2.16. The monoisotopic (exact) mass is 333 g/mol. The van der Waals surface area contributed by atoms with Crippen molar-refractivity contribution >= 4 is 45.6 Å². The van der Waals surface area contributed by atoms with E-state index in [4.69, 9.17) is 28.9 Å². The first-order chi connectivity index (χ1) is 10.5. The molecule has 0 saturated heterocycles. The maximum Gasteiger partial charge on any atom is 0.118 e. The van der Waals surface area contributed by atoms with Gasteiger partial charge in [-0.25, -0.2) is 15.0 Å². The van der Waals surface area contributed by atoms with Crippen LogP contribution >= 0.6 is 23.2 Å². The summed E-state index contributed by atoms with van der Waals surface area (Å²) in [6, 6.07) is 5.24. The average molecular weight is 334 g/mol. The lowest BCUT2D eigenvalue weighted by atomic mass is 10.1. The second-order valence-electron chi connectivity index (χ2n) is 5.03. The molecule has 2 N–H and O–H groups in total. The van der Waals surface area contributed by atoms with E-state index in [0.29, 0.717) is 32.5 Å². The van der Waals surface area contributed by atoms with Crippen molar-refractivity contribution in [1.29, 1.82) is 0 Å². The number of hydrogen-bond donors (Lipinski definition) is 1. The predicted molar refractivity (Wildman–Crippen MR) is 91.5 cm³/mol. The summed E-state index contributed by atoms with van der Waals surface area (Å²) in [5.41, 5.74) is 10.2. The summed E-state index contributed by atoms with van der Waals surface area (Å²) >= 11 is 12.1. The van der Waals surface area contributed by atoms with E-state index < -0.39 is 0 Å². The molecule has 0 aliphatic rings. The number of hydrogen-bond acceptors (Lipinski definition) is 5. The van der Waals surface area contributed by atoms with E-state index in [1.165, 1.54) is 6.33 Å². The lowest BCUT2D eigenvalue weighted by molar-refractivity contribution is 1.11. The summed E-state index contributed by atoms with van der Waals surface area (Å²) < 4.78 is 0. The van der Waals surface area contributed by atoms with Crippen molar-refractivity contribution in [2.75, 3.05) is 24.7 Å². The standard InChI is InChI=1S/C15H13Cl2N5/c1-22(2)11-6-19-15-13(20-7-21-14(15)12(11)18)8-3-9(16)5-10(17)4-8/h3-7H,1-2H3,(H2,18,19). The Labute approximate surface area is 137 Å². The van der Waals surface area contributed by atoms with E-state index in [1.807, 2.05) is 19.0 Å². The SMILES string of the molecule is CN(C)c1cnc2c(-c3cc(Cl)cc(Cl)c3)ncnc2c1N. The number of nitrogen functional groups attached to an aromatic ring is 1. The van der Waals surface area contributed by atoms with Crippen LogP contribution in [0.15, 0.2) is 30.7 Å². The van der Waals surface area contributed by atoms with Gasteiger partial charge in [0.25, 0.3) is 0 Å². The summed E-state index contributed by atoms with van der Waals surface area (Å²) in [7, 11) is 3.80. The highest BCUT2D eigenvalue weighted by Gasteiger charge is 2.14. The first-order valence-electron chi connectivity index (χ1n) is 6.50. The van der Waals surface area contributed by atoms with Gasteiger partial charge in [-0.1, -0.05) is 23.2 Å². The van der Waals surface area contributed by atoms with E-state index in [9.17, 15) is 0 Å². The minimum absolute atomic E-state index is 0.534. The van der Waals surface area contributed by atoms with E-state index in [0.717, 1.165) is 11.3 Å². The average Bonchev–Trinajstić information content (AvgIpc) is 2.45. The molecule has 7 heteroatoms. The molecule has 0 unspecified atom stereocenters. The maximum absolute atomic E-state index is 6.20. The highest BCUT2D eigenvalue weighted by molar-refractivity contribution is 6.35. The third kappa shape index (κ3) is 2.53. The lowest BCUT2D eigenvalue weighted by Crippen LogP contribution is -2.12. The van der Waals surface area contributed by atoms with Gasteiger partial charge in [-0.05, 0) is 18.2 Å². The van der Waals surface area contributed by atoms with Crippen molar-refractivity contribution in [3.8, 4) is 11.3 Å². The fraction of sp³-hybridized carbons (Fsp3) is 0.133. The van der Waals surface area contributed by atoms with Gasteiger partial charge in [0.1, 0.15) is 23.1 Å². The van der Waals surface area contributed by atoms with Crippen LogP contribution in [0.25, 0.3) is 22.3 Å².